The highest BCUT2D eigenvalue weighted by atomic mass is 16.5. The third kappa shape index (κ3) is 3.56. The maximum atomic E-state index is 12.9. The second-order valence-corrected chi connectivity index (χ2v) is 7.68. The fourth-order valence-corrected chi connectivity index (χ4v) is 3.89. The molecule has 7 heteroatoms. The van der Waals surface area contributed by atoms with Gasteiger partial charge in [-0.25, -0.2) is 9.67 Å². The standard InChI is InChI=1S/C20H25N5O2/c26-19(14-23-11-12-27-17-4-2-1-3-16(17)13-23)24-8-7-18-21-20(15-5-6-15)22-25(18)10-9-24/h1-4,15H,5-14H2. The van der Waals surface area contributed by atoms with E-state index in [9.17, 15) is 4.79 Å². The van der Waals surface area contributed by atoms with E-state index in [2.05, 4.69) is 16.1 Å². The normalized spacial score (nSPS) is 20.2. The van der Waals surface area contributed by atoms with Crippen molar-refractivity contribution in [3.63, 3.8) is 0 Å². The second kappa shape index (κ2) is 6.96. The van der Waals surface area contributed by atoms with Gasteiger partial charge in [-0.15, -0.1) is 0 Å². The van der Waals surface area contributed by atoms with E-state index < -0.39 is 0 Å². The molecule has 2 aromatic rings. The Morgan fingerprint density at radius 1 is 1.15 bits per heavy atom. The van der Waals surface area contributed by atoms with Crippen molar-refractivity contribution in [3.05, 3.63) is 41.5 Å². The van der Waals surface area contributed by atoms with E-state index >= 15 is 0 Å². The summed E-state index contributed by atoms with van der Waals surface area (Å²) in [5.74, 6) is 3.74. The topological polar surface area (TPSA) is 63.5 Å². The van der Waals surface area contributed by atoms with Crippen LogP contribution in [0, 0.1) is 0 Å². The summed E-state index contributed by atoms with van der Waals surface area (Å²) in [5, 5.41) is 4.66. The third-order valence-electron chi connectivity index (χ3n) is 5.64. The van der Waals surface area contributed by atoms with Crippen LogP contribution in [0.4, 0.5) is 0 Å². The number of carbonyl (C=O) groups is 1. The Labute approximate surface area is 158 Å². The maximum Gasteiger partial charge on any atom is 0.236 e. The van der Waals surface area contributed by atoms with Crippen LogP contribution >= 0.6 is 0 Å². The molecule has 0 unspecified atom stereocenters. The Balaban J connectivity index is 1.21. The van der Waals surface area contributed by atoms with Gasteiger partial charge in [0.05, 0.1) is 13.1 Å². The molecule has 1 aliphatic carbocycles. The fraction of sp³-hybridized carbons (Fsp3) is 0.550. The van der Waals surface area contributed by atoms with Crippen LogP contribution in [-0.2, 0) is 24.3 Å². The first-order chi connectivity index (χ1) is 13.3. The van der Waals surface area contributed by atoms with Crippen LogP contribution in [0.15, 0.2) is 24.3 Å². The van der Waals surface area contributed by atoms with Crippen molar-refractivity contribution < 1.29 is 9.53 Å². The molecule has 0 radical (unpaired) electrons. The van der Waals surface area contributed by atoms with Crippen LogP contribution in [0.5, 0.6) is 5.75 Å². The van der Waals surface area contributed by atoms with Crippen LogP contribution in [0.3, 0.4) is 0 Å². The number of hydrogen-bond donors (Lipinski definition) is 0. The molecule has 3 heterocycles. The Bertz CT molecular complexity index is 819. The van der Waals surface area contributed by atoms with E-state index in [1.807, 2.05) is 27.8 Å². The summed E-state index contributed by atoms with van der Waals surface area (Å²) in [4.78, 5) is 21.7. The molecule has 3 aliphatic rings. The zero-order chi connectivity index (χ0) is 18.2. The van der Waals surface area contributed by atoms with Crippen molar-refractivity contribution in [1.82, 2.24) is 24.6 Å². The van der Waals surface area contributed by atoms with Crippen molar-refractivity contribution in [2.75, 3.05) is 32.8 Å². The number of amides is 1. The minimum absolute atomic E-state index is 0.183. The number of para-hydroxylation sites is 1. The van der Waals surface area contributed by atoms with E-state index in [-0.39, 0.29) is 5.91 Å². The van der Waals surface area contributed by atoms with Gasteiger partial charge < -0.3 is 9.64 Å². The van der Waals surface area contributed by atoms with E-state index in [0.717, 1.165) is 55.6 Å². The lowest BCUT2D eigenvalue weighted by atomic mass is 10.2. The molecule has 1 fully saturated rings. The van der Waals surface area contributed by atoms with Gasteiger partial charge in [-0.05, 0) is 18.9 Å². The van der Waals surface area contributed by atoms with Gasteiger partial charge in [0, 0.05) is 44.1 Å². The number of carbonyl (C=O) groups excluding carboxylic acids is 1. The predicted octanol–water partition coefficient (Wildman–Crippen LogP) is 1.43. The third-order valence-corrected chi connectivity index (χ3v) is 5.64. The molecule has 0 atom stereocenters. The highest BCUT2D eigenvalue weighted by molar-refractivity contribution is 5.78. The smallest absolute Gasteiger partial charge is 0.236 e. The summed E-state index contributed by atoms with van der Waals surface area (Å²) in [6, 6.07) is 8.08. The number of nitrogens with zero attached hydrogens (tertiary/aromatic N) is 5. The molecule has 0 spiro atoms. The molecule has 1 aromatic heterocycles. The Morgan fingerprint density at radius 3 is 2.93 bits per heavy atom. The molecular formula is C20H25N5O2. The molecule has 142 valence electrons. The van der Waals surface area contributed by atoms with Crippen LogP contribution in [0.25, 0.3) is 0 Å². The summed E-state index contributed by atoms with van der Waals surface area (Å²) in [5.41, 5.74) is 1.15. The molecule has 1 aromatic carbocycles. The zero-order valence-electron chi connectivity index (χ0n) is 15.5. The molecule has 0 bridgehead atoms. The van der Waals surface area contributed by atoms with Gasteiger partial charge in [0.15, 0.2) is 5.82 Å². The van der Waals surface area contributed by atoms with E-state index in [1.165, 1.54) is 12.8 Å². The monoisotopic (exact) mass is 367 g/mol. The Morgan fingerprint density at radius 2 is 2.04 bits per heavy atom. The predicted molar refractivity (Wildman–Crippen MR) is 99.5 cm³/mol. The first-order valence-corrected chi connectivity index (χ1v) is 9.91. The average Bonchev–Trinajstić information content (AvgIpc) is 3.48. The highest BCUT2D eigenvalue weighted by Gasteiger charge is 2.30. The zero-order valence-corrected chi connectivity index (χ0v) is 15.5. The number of benzene rings is 1. The van der Waals surface area contributed by atoms with Crippen LogP contribution in [0.1, 0.15) is 36.0 Å². The number of ether oxygens (including phenoxy) is 1. The first-order valence-electron chi connectivity index (χ1n) is 9.91. The van der Waals surface area contributed by atoms with Gasteiger partial charge in [0.25, 0.3) is 0 Å². The molecule has 27 heavy (non-hydrogen) atoms. The lowest BCUT2D eigenvalue weighted by Gasteiger charge is -2.25. The minimum Gasteiger partial charge on any atom is -0.492 e. The number of aromatic nitrogens is 3. The van der Waals surface area contributed by atoms with Crippen molar-refractivity contribution in [2.45, 2.75) is 38.3 Å². The molecule has 0 saturated heterocycles. The van der Waals surface area contributed by atoms with Gasteiger partial charge in [-0.1, -0.05) is 18.2 Å². The molecule has 1 amide bonds. The number of fused-ring (bicyclic) bond motifs is 2. The first kappa shape index (κ1) is 16.7. The minimum atomic E-state index is 0.183. The average molecular weight is 367 g/mol. The summed E-state index contributed by atoms with van der Waals surface area (Å²) >= 11 is 0. The number of rotatable bonds is 3. The van der Waals surface area contributed by atoms with Crippen molar-refractivity contribution >= 4 is 5.91 Å². The lowest BCUT2D eigenvalue weighted by molar-refractivity contribution is -0.132. The maximum absolute atomic E-state index is 12.9. The van der Waals surface area contributed by atoms with Crippen molar-refractivity contribution in [3.8, 4) is 5.75 Å². The molecule has 1 saturated carbocycles. The quantitative estimate of drug-likeness (QED) is 0.821. The molecule has 5 rings (SSSR count). The van der Waals surface area contributed by atoms with Crippen LogP contribution in [0.2, 0.25) is 0 Å². The van der Waals surface area contributed by atoms with Gasteiger partial charge in [0.2, 0.25) is 5.91 Å². The van der Waals surface area contributed by atoms with Gasteiger partial charge in [-0.2, -0.15) is 5.10 Å². The molecule has 7 nitrogen and oxygen atoms in total. The molecular weight excluding hydrogens is 342 g/mol. The Kier molecular flexibility index (Phi) is 4.32. The fourth-order valence-electron chi connectivity index (χ4n) is 3.89. The van der Waals surface area contributed by atoms with E-state index in [4.69, 9.17) is 9.72 Å². The Hall–Kier alpha value is -2.41. The van der Waals surface area contributed by atoms with Gasteiger partial charge >= 0.3 is 0 Å². The SMILES string of the molecule is O=C(CN1CCOc2ccccc2C1)N1CCc2nc(C3CC3)nn2CC1. The second-order valence-electron chi connectivity index (χ2n) is 7.68. The number of hydrogen-bond acceptors (Lipinski definition) is 5. The van der Waals surface area contributed by atoms with E-state index in [0.29, 0.717) is 25.6 Å². The molecule has 2 aliphatic heterocycles. The molecule has 0 N–H and O–H groups in total. The summed E-state index contributed by atoms with van der Waals surface area (Å²) < 4.78 is 7.82. The highest BCUT2D eigenvalue weighted by Crippen LogP contribution is 2.38. The summed E-state index contributed by atoms with van der Waals surface area (Å²) in [6.45, 7) is 4.75. The van der Waals surface area contributed by atoms with Gasteiger partial charge in [0.1, 0.15) is 18.2 Å². The van der Waals surface area contributed by atoms with Crippen LogP contribution in [-0.4, -0.2) is 63.3 Å². The van der Waals surface area contributed by atoms with E-state index in [1.54, 1.807) is 0 Å². The summed E-state index contributed by atoms with van der Waals surface area (Å²) in [7, 11) is 0. The van der Waals surface area contributed by atoms with Crippen LogP contribution < -0.4 is 4.74 Å². The van der Waals surface area contributed by atoms with Crippen molar-refractivity contribution in [2.24, 2.45) is 0 Å². The van der Waals surface area contributed by atoms with Gasteiger partial charge in [-0.3, -0.25) is 9.69 Å². The lowest BCUT2D eigenvalue weighted by Crippen LogP contribution is -2.42. The van der Waals surface area contributed by atoms with Crippen molar-refractivity contribution in [1.29, 1.82) is 0 Å². The summed E-state index contributed by atoms with van der Waals surface area (Å²) in [6.07, 6.45) is 3.23. The largest absolute Gasteiger partial charge is 0.492 e.